The van der Waals surface area contributed by atoms with Crippen LogP contribution in [0.5, 0.6) is 5.75 Å². The zero-order valence-electron chi connectivity index (χ0n) is 20.0. The summed E-state index contributed by atoms with van der Waals surface area (Å²) in [5, 5.41) is 19.8. The van der Waals surface area contributed by atoms with E-state index in [-0.39, 0.29) is 24.5 Å². The molecule has 0 aliphatic rings. The number of aryl methyl sites for hydroxylation is 1. The van der Waals surface area contributed by atoms with E-state index in [0.717, 1.165) is 12.8 Å². The minimum absolute atomic E-state index is 0.00301. The van der Waals surface area contributed by atoms with Crippen molar-refractivity contribution in [1.82, 2.24) is 9.66 Å². The van der Waals surface area contributed by atoms with Gasteiger partial charge in [-0.1, -0.05) is 43.1 Å². The van der Waals surface area contributed by atoms with Gasteiger partial charge in [0.15, 0.2) is 0 Å². The number of imidazole rings is 1. The lowest BCUT2D eigenvalue weighted by Crippen LogP contribution is -2.27. The van der Waals surface area contributed by atoms with Crippen LogP contribution in [0.25, 0.3) is 0 Å². The smallest absolute Gasteiger partial charge is 0.336 e. The molecule has 0 bridgehead atoms. The highest BCUT2D eigenvalue weighted by Crippen LogP contribution is 2.28. The second-order valence-corrected chi connectivity index (χ2v) is 8.75. The Labute approximate surface area is 213 Å². The van der Waals surface area contributed by atoms with Gasteiger partial charge < -0.3 is 20.4 Å². The van der Waals surface area contributed by atoms with Crippen LogP contribution in [0.4, 0.5) is 0 Å². The van der Waals surface area contributed by atoms with Gasteiger partial charge in [-0.2, -0.15) is 0 Å². The van der Waals surface area contributed by atoms with E-state index in [2.05, 4.69) is 17.3 Å². The molecule has 1 heterocycles. The first-order valence-electron chi connectivity index (χ1n) is 11.5. The van der Waals surface area contributed by atoms with Crippen LogP contribution in [0, 0.1) is 0 Å². The number of carboxylic acid groups (broad SMARTS) is 2. The van der Waals surface area contributed by atoms with E-state index in [1.165, 1.54) is 19.2 Å². The topological polar surface area (TPSA) is 131 Å². The van der Waals surface area contributed by atoms with Crippen molar-refractivity contribution in [2.24, 2.45) is 0 Å². The third kappa shape index (κ3) is 6.63. The minimum Gasteiger partial charge on any atom is -0.489 e. The monoisotopic (exact) mass is 513 g/mol. The largest absolute Gasteiger partial charge is 0.489 e. The van der Waals surface area contributed by atoms with Crippen LogP contribution in [0.1, 0.15) is 65.6 Å². The number of carbonyl (C=O) groups excluding carboxylic acids is 1. The number of unbranched alkanes of at least 4 members (excludes halogenated alkanes) is 1. The van der Waals surface area contributed by atoms with Crippen molar-refractivity contribution in [3.05, 3.63) is 81.9 Å². The molecule has 2 aromatic carbocycles. The predicted octanol–water partition coefficient (Wildman–Crippen LogP) is 4.51. The fourth-order valence-electron chi connectivity index (χ4n) is 3.72. The van der Waals surface area contributed by atoms with Crippen LogP contribution >= 0.6 is 11.6 Å². The number of carboxylic acids is 2. The van der Waals surface area contributed by atoms with Gasteiger partial charge in [0.25, 0.3) is 0 Å². The summed E-state index contributed by atoms with van der Waals surface area (Å²) in [5.41, 5.74) is 4.42. The molecule has 36 heavy (non-hydrogen) atoms. The number of aromatic nitrogens is 2. The van der Waals surface area contributed by atoms with Gasteiger partial charge in [0.05, 0.1) is 24.0 Å². The Morgan fingerprint density at radius 1 is 1.14 bits per heavy atom. The Hall–Kier alpha value is -3.85. The molecule has 190 valence electrons. The number of nitrogens with one attached hydrogen (secondary N) is 1. The summed E-state index contributed by atoms with van der Waals surface area (Å²) in [6.45, 7) is 3.55. The highest BCUT2D eigenvalue weighted by molar-refractivity contribution is 6.31. The number of aliphatic carboxylic acids is 1. The number of halogens is 1. The SMILES string of the molecule is CCCCc1ncc(C(C(=O)O)c2ccc(OCc3ccc(Cl)cc3C(=O)O)cc2)n1NCC(C)=O. The van der Waals surface area contributed by atoms with Crippen LogP contribution in [0.15, 0.2) is 48.7 Å². The number of aromatic carboxylic acids is 1. The average Bonchev–Trinajstić information content (AvgIpc) is 3.23. The number of hydrogen-bond acceptors (Lipinski definition) is 6. The van der Waals surface area contributed by atoms with E-state index in [1.807, 2.05) is 0 Å². The molecule has 0 fully saturated rings. The third-order valence-corrected chi connectivity index (χ3v) is 5.79. The van der Waals surface area contributed by atoms with Gasteiger partial charge in [0, 0.05) is 17.0 Å². The molecule has 0 radical (unpaired) electrons. The molecule has 0 saturated carbocycles. The Kier molecular flexibility index (Phi) is 9.08. The second kappa shape index (κ2) is 12.2. The van der Waals surface area contributed by atoms with Crippen molar-refractivity contribution >= 4 is 29.3 Å². The van der Waals surface area contributed by atoms with E-state index >= 15 is 0 Å². The van der Waals surface area contributed by atoms with E-state index in [1.54, 1.807) is 41.1 Å². The molecule has 0 saturated heterocycles. The van der Waals surface area contributed by atoms with Crippen LogP contribution < -0.4 is 10.2 Å². The Balaban J connectivity index is 1.84. The lowest BCUT2D eigenvalue weighted by molar-refractivity contribution is -0.137. The molecule has 0 amide bonds. The molecule has 1 unspecified atom stereocenters. The normalized spacial score (nSPS) is 11.6. The van der Waals surface area contributed by atoms with Crippen molar-refractivity contribution in [3.8, 4) is 5.75 Å². The average molecular weight is 514 g/mol. The highest BCUT2D eigenvalue weighted by Gasteiger charge is 2.28. The zero-order valence-corrected chi connectivity index (χ0v) is 20.8. The van der Waals surface area contributed by atoms with Gasteiger partial charge in [-0.25, -0.2) is 14.5 Å². The first-order valence-corrected chi connectivity index (χ1v) is 11.9. The molecule has 0 aliphatic heterocycles. The number of ketones is 1. The summed E-state index contributed by atoms with van der Waals surface area (Å²) < 4.78 is 7.34. The van der Waals surface area contributed by atoms with E-state index < -0.39 is 17.9 Å². The molecule has 1 atom stereocenters. The first-order chi connectivity index (χ1) is 17.2. The number of hydrogen-bond donors (Lipinski definition) is 3. The zero-order chi connectivity index (χ0) is 26.2. The number of nitrogens with zero attached hydrogens (tertiary/aromatic N) is 2. The van der Waals surface area contributed by atoms with Crippen molar-refractivity contribution < 1.29 is 29.3 Å². The first kappa shape index (κ1) is 26.7. The molecule has 0 aliphatic carbocycles. The molecule has 10 heteroatoms. The minimum atomic E-state index is -1.11. The van der Waals surface area contributed by atoms with Crippen molar-refractivity contribution in [3.63, 3.8) is 0 Å². The van der Waals surface area contributed by atoms with Gasteiger partial charge in [0.1, 0.15) is 29.9 Å². The summed E-state index contributed by atoms with van der Waals surface area (Å²) in [4.78, 5) is 39.8. The summed E-state index contributed by atoms with van der Waals surface area (Å²) >= 11 is 5.89. The number of carbonyl (C=O) groups is 3. The Bertz CT molecular complexity index is 1240. The van der Waals surface area contributed by atoms with E-state index in [4.69, 9.17) is 16.3 Å². The van der Waals surface area contributed by atoms with Crippen molar-refractivity contribution in [1.29, 1.82) is 0 Å². The Morgan fingerprint density at radius 2 is 1.86 bits per heavy atom. The molecule has 9 nitrogen and oxygen atoms in total. The molecule has 0 spiro atoms. The Morgan fingerprint density at radius 3 is 2.47 bits per heavy atom. The fraction of sp³-hybridized carbons (Fsp3) is 0.308. The molecular formula is C26H28ClN3O6. The van der Waals surface area contributed by atoms with Crippen LogP contribution in [-0.4, -0.2) is 44.1 Å². The third-order valence-electron chi connectivity index (χ3n) is 5.56. The fourth-order valence-corrected chi connectivity index (χ4v) is 3.90. The second-order valence-electron chi connectivity index (χ2n) is 8.31. The predicted molar refractivity (Wildman–Crippen MR) is 134 cm³/mol. The number of benzene rings is 2. The van der Waals surface area contributed by atoms with Gasteiger partial charge in [-0.15, -0.1) is 0 Å². The maximum Gasteiger partial charge on any atom is 0.336 e. The van der Waals surface area contributed by atoms with Crippen LogP contribution in [-0.2, 0) is 22.6 Å². The molecule has 1 aromatic heterocycles. The highest BCUT2D eigenvalue weighted by atomic mass is 35.5. The quantitative estimate of drug-likeness (QED) is 0.304. The van der Waals surface area contributed by atoms with E-state index in [0.29, 0.717) is 39.8 Å². The number of rotatable bonds is 13. The van der Waals surface area contributed by atoms with Crippen molar-refractivity contribution in [2.75, 3.05) is 12.0 Å². The molecule has 3 rings (SSSR count). The van der Waals surface area contributed by atoms with Crippen molar-refractivity contribution in [2.45, 2.75) is 45.6 Å². The van der Waals surface area contributed by atoms with E-state index in [9.17, 15) is 24.6 Å². The van der Waals surface area contributed by atoms with Gasteiger partial charge in [-0.05, 0) is 43.2 Å². The van der Waals surface area contributed by atoms with Crippen LogP contribution in [0.2, 0.25) is 5.02 Å². The number of ether oxygens (including phenoxy) is 1. The summed E-state index contributed by atoms with van der Waals surface area (Å²) in [7, 11) is 0. The molecule has 3 aromatic rings. The summed E-state index contributed by atoms with van der Waals surface area (Å²) in [5.74, 6) is -2.18. The summed E-state index contributed by atoms with van der Waals surface area (Å²) in [6.07, 6.45) is 3.99. The standard InChI is InChI=1S/C26H28ClN3O6/c1-3-4-5-23-28-14-22(30(23)29-13-16(2)31)24(26(34)35)17-7-10-20(11-8-17)36-15-18-6-9-19(27)12-21(18)25(32)33/h6-12,14,24,29H,3-5,13,15H2,1-2H3,(H,32,33)(H,34,35). The molecule has 3 N–H and O–H groups in total. The van der Waals surface area contributed by atoms with Gasteiger partial charge in [-0.3, -0.25) is 9.59 Å². The lowest BCUT2D eigenvalue weighted by Gasteiger charge is -2.19. The van der Waals surface area contributed by atoms with Gasteiger partial charge >= 0.3 is 11.9 Å². The molecular weight excluding hydrogens is 486 g/mol. The summed E-state index contributed by atoms with van der Waals surface area (Å²) in [6, 6.07) is 11.1. The number of Topliss-reactive ketones (excluding diaryl/α,β-unsaturated/α-hetero) is 1. The maximum atomic E-state index is 12.3. The van der Waals surface area contributed by atoms with Gasteiger partial charge in [0.2, 0.25) is 0 Å². The lowest BCUT2D eigenvalue weighted by atomic mass is 9.96. The maximum absolute atomic E-state index is 12.3. The van der Waals surface area contributed by atoms with Crippen LogP contribution in [0.3, 0.4) is 0 Å².